The average molecular weight is 414 g/mol. The number of nitrogens with one attached hydrogen (secondary N) is 2. The van der Waals surface area contributed by atoms with E-state index in [9.17, 15) is 14.9 Å². The van der Waals surface area contributed by atoms with Gasteiger partial charge in [-0.3, -0.25) is 9.59 Å². The fraction of sp³-hybridized carbons (Fsp3) is 0.190. The van der Waals surface area contributed by atoms with E-state index in [-0.39, 0.29) is 18.1 Å². The minimum absolute atomic E-state index is 0.108. The first-order valence-electron chi connectivity index (χ1n) is 8.73. The summed E-state index contributed by atoms with van der Waals surface area (Å²) in [7, 11) is 1.46. The maximum atomic E-state index is 12.4. The second-order valence-electron chi connectivity index (χ2n) is 5.76. The molecule has 0 aliphatic rings. The lowest BCUT2D eigenvalue weighted by molar-refractivity contribution is -0.123. The van der Waals surface area contributed by atoms with Crippen LogP contribution in [-0.2, 0) is 9.59 Å². The molecule has 0 saturated heterocycles. The molecule has 0 aliphatic carbocycles. The Morgan fingerprint density at radius 2 is 1.97 bits per heavy atom. The highest BCUT2D eigenvalue weighted by Crippen LogP contribution is 2.29. The SMILES string of the molecule is CCNC(=O)COc1ccc(/C=C(\C#N)C(=O)Nc2ccccc2Cl)cc1OC. The van der Waals surface area contributed by atoms with Gasteiger partial charge in [0.2, 0.25) is 0 Å². The number of carbonyl (C=O) groups excluding carboxylic acids is 2. The van der Waals surface area contributed by atoms with Gasteiger partial charge in [0, 0.05) is 6.54 Å². The molecule has 2 amide bonds. The number of rotatable bonds is 8. The summed E-state index contributed by atoms with van der Waals surface area (Å²) in [5.41, 5.74) is 0.855. The molecular weight excluding hydrogens is 394 g/mol. The summed E-state index contributed by atoms with van der Waals surface area (Å²) >= 11 is 6.03. The summed E-state index contributed by atoms with van der Waals surface area (Å²) in [5.74, 6) is -0.0977. The van der Waals surface area contributed by atoms with Crippen LogP contribution in [0.3, 0.4) is 0 Å². The van der Waals surface area contributed by atoms with Gasteiger partial charge in [0.05, 0.1) is 17.8 Å². The maximum absolute atomic E-state index is 12.4. The monoisotopic (exact) mass is 413 g/mol. The zero-order valence-electron chi connectivity index (χ0n) is 16.0. The van der Waals surface area contributed by atoms with E-state index in [1.807, 2.05) is 13.0 Å². The standard InChI is InChI=1S/C21H20ClN3O4/c1-3-24-20(26)13-29-18-9-8-14(11-19(18)28-2)10-15(12-23)21(27)25-17-7-5-4-6-16(17)22/h4-11H,3,13H2,1-2H3,(H,24,26)(H,25,27)/b15-10+. The van der Waals surface area contributed by atoms with Crippen molar-refractivity contribution >= 4 is 35.2 Å². The van der Waals surface area contributed by atoms with Gasteiger partial charge in [-0.2, -0.15) is 5.26 Å². The molecular formula is C21H20ClN3O4. The van der Waals surface area contributed by atoms with Crippen LogP contribution in [0.25, 0.3) is 6.08 Å². The highest BCUT2D eigenvalue weighted by atomic mass is 35.5. The Morgan fingerprint density at radius 1 is 1.21 bits per heavy atom. The topological polar surface area (TPSA) is 100 Å². The highest BCUT2D eigenvalue weighted by molar-refractivity contribution is 6.34. The number of nitrogens with zero attached hydrogens (tertiary/aromatic N) is 1. The minimum atomic E-state index is -0.587. The van der Waals surface area contributed by atoms with E-state index >= 15 is 0 Å². The van der Waals surface area contributed by atoms with Crippen LogP contribution < -0.4 is 20.1 Å². The van der Waals surface area contributed by atoms with Crippen molar-refractivity contribution in [3.8, 4) is 17.6 Å². The summed E-state index contributed by atoms with van der Waals surface area (Å²) < 4.78 is 10.7. The molecule has 2 N–H and O–H groups in total. The fourth-order valence-corrected chi connectivity index (χ4v) is 2.54. The van der Waals surface area contributed by atoms with Crippen molar-refractivity contribution in [2.75, 3.05) is 25.6 Å². The highest BCUT2D eigenvalue weighted by Gasteiger charge is 2.13. The Morgan fingerprint density at radius 3 is 2.62 bits per heavy atom. The lowest BCUT2D eigenvalue weighted by Crippen LogP contribution is -2.28. The van der Waals surface area contributed by atoms with Crippen molar-refractivity contribution in [3.05, 3.63) is 58.6 Å². The molecule has 8 heteroatoms. The van der Waals surface area contributed by atoms with Crippen LogP contribution in [0.2, 0.25) is 5.02 Å². The van der Waals surface area contributed by atoms with Crippen LogP contribution in [-0.4, -0.2) is 32.1 Å². The van der Waals surface area contributed by atoms with Gasteiger partial charge in [-0.1, -0.05) is 29.8 Å². The summed E-state index contributed by atoms with van der Waals surface area (Å²) in [6.07, 6.45) is 1.42. The third kappa shape index (κ3) is 6.26. The number of hydrogen-bond acceptors (Lipinski definition) is 5. The molecule has 2 aromatic carbocycles. The molecule has 0 bridgehead atoms. The minimum Gasteiger partial charge on any atom is -0.493 e. The first-order chi connectivity index (χ1) is 14.0. The molecule has 2 rings (SSSR count). The quantitative estimate of drug-likeness (QED) is 0.510. The molecule has 0 atom stereocenters. The van der Waals surface area contributed by atoms with Crippen molar-refractivity contribution in [3.63, 3.8) is 0 Å². The van der Waals surface area contributed by atoms with Gasteiger partial charge in [0.25, 0.3) is 11.8 Å². The third-order valence-electron chi connectivity index (χ3n) is 3.72. The number of carbonyl (C=O) groups is 2. The van der Waals surface area contributed by atoms with Gasteiger partial charge >= 0.3 is 0 Å². The van der Waals surface area contributed by atoms with E-state index < -0.39 is 5.91 Å². The Kier molecular flexibility index (Phi) is 8.07. The molecule has 0 aromatic heterocycles. The molecule has 0 heterocycles. The zero-order valence-corrected chi connectivity index (χ0v) is 16.7. The third-order valence-corrected chi connectivity index (χ3v) is 4.05. The van der Waals surface area contributed by atoms with Crippen LogP contribution >= 0.6 is 11.6 Å². The normalized spacial score (nSPS) is 10.6. The van der Waals surface area contributed by atoms with E-state index in [2.05, 4.69) is 10.6 Å². The average Bonchev–Trinajstić information content (AvgIpc) is 2.72. The van der Waals surface area contributed by atoms with Crippen LogP contribution in [0.4, 0.5) is 5.69 Å². The Bertz CT molecular complexity index is 967. The van der Waals surface area contributed by atoms with Crippen molar-refractivity contribution in [1.82, 2.24) is 5.32 Å². The number of methoxy groups -OCH3 is 1. The van der Waals surface area contributed by atoms with Gasteiger partial charge in [-0.25, -0.2) is 0 Å². The van der Waals surface area contributed by atoms with Crippen molar-refractivity contribution in [1.29, 1.82) is 5.26 Å². The summed E-state index contributed by atoms with van der Waals surface area (Å²) in [5, 5.41) is 15.0. The summed E-state index contributed by atoms with van der Waals surface area (Å²) in [6, 6.07) is 13.5. The number of ether oxygens (including phenoxy) is 2. The lowest BCUT2D eigenvalue weighted by Gasteiger charge is -2.11. The molecule has 0 fully saturated rings. The van der Waals surface area contributed by atoms with E-state index in [1.54, 1.807) is 42.5 Å². The van der Waals surface area contributed by atoms with Crippen LogP contribution in [0, 0.1) is 11.3 Å². The molecule has 0 unspecified atom stereocenters. The number of para-hydroxylation sites is 1. The number of anilines is 1. The smallest absolute Gasteiger partial charge is 0.266 e. The number of halogens is 1. The van der Waals surface area contributed by atoms with Crippen molar-refractivity contribution in [2.45, 2.75) is 6.92 Å². The molecule has 29 heavy (non-hydrogen) atoms. The maximum Gasteiger partial charge on any atom is 0.266 e. The molecule has 0 spiro atoms. The van der Waals surface area contributed by atoms with Crippen molar-refractivity contribution in [2.24, 2.45) is 0 Å². The van der Waals surface area contributed by atoms with E-state index in [0.29, 0.717) is 34.3 Å². The number of amides is 2. The summed E-state index contributed by atoms with van der Waals surface area (Å²) in [4.78, 5) is 23.9. The number of benzene rings is 2. The Hall–Kier alpha value is -3.50. The zero-order chi connectivity index (χ0) is 21.2. The van der Waals surface area contributed by atoms with Crippen LogP contribution in [0.15, 0.2) is 48.0 Å². The largest absolute Gasteiger partial charge is 0.493 e. The van der Waals surface area contributed by atoms with E-state index in [0.717, 1.165) is 0 Å². The first kappa shape index (κ1) is 21.8. The number of nitriles is 1. The van der Waals surface area contributed by atoms with E-state index in [4.69, 9.17) is 21.1 Å². The molecule has 7 nitrogen and oxygen atoms in total. The van der Waals surface area contributed by atoms with Gasteiger partial charge in [0.1, 0.15) is 11.6 Å². The Labute approximate surface area is 173 Å². The molecule has 2 aromatic rings. The predicted octanol–water partition coefficient (Wildman–Crippen LogP) is 3.41. The molecule has 0 saturated carbocycles. The van der Waals surface area contributed by atoms with Crippen molar-refractivity contribution < 1.29 is 19.1 Å². The number of likely N-dealkylation sites (N-methyl/N-ethyl adjacent to an activating group) is 1. The van der Waals surface area contributed by atoms with Gasteiger partial charge in [0.15, 0.2) is 18.1 Å². The summed E-state index contributed by atoms with van der Waals surface area (Å²) in [6.45, 7) is 2.17. The predicted molar refractivity (Wildman–Crippen MR) is 111 cm³/mol. The first-order valence-corrected chi connectivity index (χ1v) is 9.11. The number of hydrogen-bond donors (Lipinski definition) is 2. The van der Waals surface area contributed by atoms with Crippen LogP contribution in [0.1, 0.15) is 12.5 Å². The van der Waals surface area contributed by atoms with E-state index in [1.165, 1.54) is 13.2 Å². The molecule has 0 aliphatic heterocycles. The van der Waals surface area contributed by atoms with Gasteiger partial charge in [-0.15, -0.1) is 0 Å². The molecule has 150 valence electrons. The second-order valence-corrected chi connectivity index (χ2v) is 6.16. The van der Waals surface area contributed by atoms with Gasteiger partial charge < -0.3 is 20.1 Å². The van der Waals surface area contributed by atoms with Gasteiger partial charge in [-0.05, 0) is 42.8 Å². The van der Waals surface area contributed by atoms with Crippen LogP contribution in [0.5, 0.6) is 11.5 Å². The molecule has 0 radical (unpaired) electrons. The Balaban J connectivity index is 2.18. The fourth-order valence-electron chi connectivity index (χ4n) is 2.35. The lowest BCUT2D eigenvalue weighted by atomic mass is 10.1. The second kappa shape index (κ2) is 10.7.